The fourth-order valence-electron chi connectivity index (χ4n) is 0.954. The molecule has 1 aromatic carbocycles. The van der Waals surface area contributed by atoms with Crippen molar-refractivity contribution in [3.63, 3.8) is 0 Å². The highest BCUT2D eigenvalue weighted by Crippen LogP contribution is 2.17. The number of hydroxylamine groups is 1. The molecule has 11 heavy (non-hydrogen) atoms. The Morgan fingerprint density at radius 1 is 1.18 bits per heavy atom. The van der Waals surface area contributed by atoms with Gasteiger partial charge in [0, 0.05) is 5.56 Å². The Kier molecular flexibility index (Phi) is 1.61. The molecule has 1 aliphatic rings. The Hall–Kier alpha value is -1.28. The van der Waals surface area contributed by atoms with E-state index in [-0.39, 0.29) is 0 Å². The van der Waals surface area contributed by atoms with Crippen LogP contribution in [0.4, 0.5) is 0 Å². The third-order valence-corrected chi connectivity index (χ3v) is 1.48. The monoisotopic (exact) mass is 145 g/mol. The van der Waals surface area contributed by atoms with Crippen molar-refractivity contribution in [2.75, 3.05) is 0 Å². The second-order valence-corrected chi connectivity index (χ2v) is 2.22. The van der Waals surface area contributed by atoms with Crippen LogP contribution in [0, 0.1) is 6.54 Å². The van der Waals surface area contributed by atoms with Crippen LogP contribution in [0.25, 0.3) is 5.76 Å². The van der Waals surface area contributed by atoms with Crippen LogP contribution < -0.4 is 5.48 Å². The van der Waals surface area contributed by atoms with Gasteiger partial charge in [0.05, 0.1) is 0 Å². The fraction of sp³-hybridized carbons (Fsp3) is 0. The molecule has 0 amide bonds. The Labute approximate surface area is 65.4 Å². The minimum absolute atomic E-state index is 0.811. The highest BCUT2D eigenvalue weighted by Gasteiger charge is 2.07. The Morgan fingerprint density at radius 3 is 2.64 bits per heavy atom. The molecule has 2 heteroatoms. The van der Waals surface area contributed by atoms with E-state index in [1.807, 2.05) is 30.3 Å². The van der Waals surface area contributed by atoms with Crippen LogP contribution in [0.1, 0.15) is 5.56 Å². The van der Waals surface area contributed by atoms with Gasteiger partial charge in [-0.15, -0.1) is 5.48 Å². The average molecular weight is 145 g/mol. The van der Waals surface area contributed by atoms with Crippen LogP contribution in [0.3, 0.4) is 0 Å². The number of benzene rings is 1. The molecule has 1 aromatic rings. The van der Waals surface area contributed by atoms with Crippen molar-refractivity contribution in [2.45, 2.75) is 0 Å². The molecule has 1 N–H and O–H groups in total. The van der Waals surface area contributed by atoms with Gasteiger partial charge in [0.1, 0.15) is 6.54 Å². The summed E-state index contributed by atoms with van der Waals surface area (Å²) >= 11 is 0. The summed E-state index contributed by atoms with van der Waals surface area (Å²) in [6.07, 6.45) is 1.77. The molecule has 1 aliphatic heterocycles. The molecule has 0 fully saturated rings. The van der Waals surface area contributed by atoms with Crippen molar-refractivity contribution < 1.29 is 4.84 Å². The van der Waals surface area contributed by atoms with Gasteiger partial charge in [-0.05, 0) is 6.08 Å². The number of hydrogen-bond donors (Lipinski definition) is 1. The first-order chi connectivity index (χ1) is 5.47. The summed E-state index contributed by atoms with van der Waals surface area (Å²) in [6.45, 7) is 2.74. The predicted octanol–water partition coefficient (Wildman–Crippen LogP) is 1.60. The van der Waals surface area contributed by atoms with Gasteiger partial charge in [-0.1, -0.05) is 30.3 Å². The molecule has 0 atom stereocenters. The maximum Gasteiger partial charge on any atom is 0.152 e. The van der Waals surface area contributed by atoms with Gasteiger partial charge in [0.2, 0.25) is 0 Å². The zero-order chi connectivity index (χ0) is 7.52. The molecule has 0 aliphatic carbocycles. The second-order valence-electron chi connectivity index (χ2n) is 2.22. The summed E-state index contributed by atoms with van der Waals surface area (Å²) in [6, 6.07) is 9.89. The first-order valence-electron chi connectivity index (χ1n) is 3.40. The Morgan fingerprint density at radius 2 is 2.00 bits per heavy atom. The summed E-state index contributed by atoms with van der Waals surface area (Å²) in [4.78, 5) is 5.04. The molecule has 0 aromatic heterocycles. The molecule has 2 rings (SSSR count). The number of hydrogen-bond acceptors (Lipinski definition) is 2. The average Bonchev–Trinajstić information content (AvgIpc) is 2.58. The summed E-state index contributed by atoms with van der Waals surface area (Å²) in [5, 5.41) is 0. The lowest BCUT2D eigenvalue weighted by Crippen LogP contribution is -1.99. The largest absolute Gasteiger partial charge is 0.407 e. The van der Waals surface area contributed by atoms with Crippen molar-refractivity contribution in [2.24, 2.45) is 0 Å². The molecular formula is C9H7NO. The van der Waals surface area contributed by atoms with Gasteiger partial charge >= 0.3 is 0 Å². The van der Waals surface area contributed by atoms with Crippen LogP contribution in [0.2, 0.25) is 0 Å². The van der Waals surface area contributed by atoms with E-state index in [0.29, 0.717) is 0 Å². The predicted molar refractivity (Wildman–Crippen MR) is 41.9 cm³/mol. The van der Waals surface area contributed by atoms with E-state index in [2.05, 4.69) is 12.0 Å². The van der Waals surface area contributed by atoms with Crippen molar-refractivity contribution in [3.8, 4) is 0 Å². The van der Waals surface area contributed by atoms with Gasteiger partial charge in [-0.25, -0.2) is 0 Å². The van der Waals surface area contributed by atoms with Crippen molar-refractivity contribution in [3.05, 3.63) is 48.5 Å². The summed E-state index contributed by atoms with van der Waals surface area (Å²) in [5.74, 6) is 0.811. The van der Waals surface area contributed by atoms with Gasteiger partial charge in [0.25, 0.3) is 0 Å². The highest BCUT2D eigenvalue weighted by molar-refractivity contribution is 5.61. The third kappa shape index (κ3) is 1.25. The van der Waals surface area contributed by atoms with Crippen LogP contribution >= 0.6 is 0 Å². The SMILES string of the molecule is [C]1C=C(c2ccccc2)ON1. The van der Waals surface area contributed by atoms with Crippen LogP contribution in [0.5, 0.6) is 0 Å². The Bertz CT molecular complexity index is 266. The first kappa shape index (κ1) is 6.43. The lowest BCUT2D eigenvalue weighted by Gasteiger charge is -2.00. The summed E-state index contributed by atoms with van der Waals surface area (Å²) < 4.78 is 0. The molecule has 0 saturated carbocycles. The lowest BCUT2D eigenvalue weighted by atomic mass is 10.2. The smallest absolute Gasteiger partial charge is 0.152 e. The van der Waals surface area contributed by atoms with Crippen molar-refractivity contribution in [1.29, 1.82) is 0 Å². The van der Waals surface area contributed by atoms with Gasteiger partial charge in [0.15, 0.2) is 5.76 Å². The van der Waals surface area contributed by atoms with E-state index >= 15 is 0 Å². The van der Waals surface area contributed by atoms with Crippen LogP contribution in [-0.2, 0) is 4.84 Å². The first-order valence-corrected chi connectivity index (χ1v) is 3.40. The third-order valence-electron chi connectivity index (χ3n) is 1.48. The maximum atomic E-state index is 5.04. The fourth-order valence-corrected chi connectivity index (χ4v) is 0.954. The molecule has 54 valence electrons. The molecular weight excluding hydrogens is 138 g/mol. The van der Waals surface area contributed by atoms with Gasteiger partial charge in [-0.3, -0.25) is 0 Å². The molecule has 1 heterocycles. The van der Waals surface area contributed by atoms with E-state index in [1.165, 1.54) is 0 Å². The van der Waals surface area contributed by atoms with Crippen molar-refractivity contribution in [1.82, 2.24) is 5.48 Å². The van der Waals surface area contributed by atoms with E-state index in [1.54, 1.807) is 6.08 Å². The van der Waals surface area contributed by atoms with E-state index in [9.17, 15) is 0 Å². The van der Waals surface area contributed by atoms with E-state index < -0.39 is 0 Å². The molecule has 0 unspecified atom stereocenters. The van der Waals surface area contributed by atoms with E-state index in [4.69, 9.17) is 4.84 Å². The topological polar surface area (TPSA) is 21.3 Å². The molecule has 0 bridgehead atoms. The number of rotatable bonds is 1. The summed E-state index contributed by atoms with van der Waals surface area (Å²) in [5.41, 5.74) is 3.59. The number of nitrogens with one attached hydrogen (secondary N) is 1. The molecule has 0 saturated heterocycles. The van der Waals surface area contributed by atoms with Crippen LogP contribution in [0.15, 0.2) is 36.4 Å². The molecule has 0 spiro atoms. The quantitative estimate of drug-likeness (QED) is 0.648. The standard InChI is InChI=1S/C9H7NO/c1-2-4-8(5-3-1)9-6-7-10-11-9/h1-6,10H. The maximum absolute atomic E-state index is 5.04. The minimum atomic E-state index is 0.811. The second kappa shape index (κ2) is 2.76. The van der Waals surface area contributed by atoms with Gasteiger partial charge in [-0.2, -0.15) is 0 Å². The molecule has 2 radical (unpaired) electrons. The van der Waals surface area contributed by atoms with E-state index in [0.717, 1.165) is 11.3 Å². The molecule has 2 nitrogen and oxygen atoms in total. The Balaban J connectivity index is 2.29. The normalized spacial score (nSPS) is 15.8. The lowest BCUT2D eigenvalue weighted by molar-refractivity contribution is 0.207. The van der Waals surface area contributed by atoms with Crippen LogP contribution in [-0.4, -0.2) is 0 Å². The zero-order valence-electron chi connectivity index (χ0n) is 5.87. The van der Waals surface area contributed by atoms with Gasteiger partial charge < -0.3 is 4.84 Å². The van der Waals surface area contributed by atoms with Crippen molar-refractivity contribution >= 4 is 5.76 Å². The summed E-state index contributed by atoms with van der Waals surface area (Å²) in [7, 11) is 0. The minimum Gasteiger partial charge on any atom is -0.407 e. The zero-order valence-corrected chi connectivity index (χ0v) is 5.87. The highest BCUT2D eigenvalue weighted by atomic mass is 16.7.